The normalized spacial score (nSPS) is 32.1. The Hall–Kier alpha value is -1.43. The van der Waals surface area contributed by atoms with Crippen LogP contribution in [0.1, 0.15) is 13.8 Å². The highest BCUT2D eigenvalue weighted by Gasteiger charge is 2.62. The number of halogens is 1. The summed E-state index contributed by atoms with van der Waals surface area (Å²) < 4.78 is 0.935. The maximum Gasteiger partial charge on any atom is 0.238 e. The molecule has 4 rings (SSSR count). The Morgan fingerprint density at radius 3 is 2.05 bits per heavy atom. The highest BCUT2D eigenvalue weighted by molar-refractivity contribution is 14.1. The van der Waals surface area contributed by atoms with Crippen molar-refractivity contribution in [1.82, 2.24) is 0 Å². The highest BCUT2D eigenvalue weighted by Crippen LogP contribution is 2.57. The van der Waals surface area contributed by atoms with Crippen molar-refractivity contribution >= 4 is 40.1 Å². The molecule has 3 aliphatic rings. The summed E-state index contributed by atoms with van der Waals surface area (Å²) in [6.45, 7) is 4.16. The Balaban J connectivity index is 1.80. The molecule has 0 aromatic heterocycles. The van der Waals surface area contributed by atoms with Crippen molar-refractivity contribution in [2.45, 2.75) is 13.8 Å². The van der Waals surface area contributed by atoms with Crippen LogP contribution in [-0.2, 0) is 9.59 Å². The number of hydrogen-bond acceptors (Lipinski definition) is 2. The van der Waals surface area contributed by atoms with Crippen LogP contribution in [0.15, 0.2) is 47.6 Å². The maximum absolute atomic E-state index is 13.0. The number of imide groups is 1. The third kappa shape index (κ3) is 1.67. The van der Waals surface area contributed by atoms with Crippen LogP contribution in [0.2, 0.25) is 0 Å². The van der Waals surface area contributed by atoms with Crippen LogP contribution in [-0.4, -0.2) is 11.8 Å². The van der Waals surface area contributed by atoms with E-state index in [9.17, 15) is 9.59 Å². The van der Waals surface area contributed by atoms with Crippen LogP contribution >= 0.6 is 22.6 Å². The Labute approximate surface area is 143 Å². The summed E-state index contributed by atoms with van der Waals surface area (Å²) in [6, 6.07) is 7.58. The predicted octanol–water partition coefficient (Wildman–Crippen LogP) is 3.55. The van der Waals surface area contributed by atoms with Crippen molar-refractivity contribution in [2.24, 2.45) is 23.7 Å². The molecule has 0 unspecified atom stereocenters. The molecule has 1 aromatic rings. The standard InChI is InChI=1S/C18H16INO2/c1-9(2)14-10-7-8-11(14)16-15(10)17(21)20(18(16)22)13-6-4-3-5-12(13)19/h3-8,10-11,15-16H,1-2H3/t10-,11-,15-,16+/m1/s1. The molecule has 22 heavy (non-hydrogen) atoms. The van der Waals surface area contributed by atoms with Crippen LogP contribution in [0.5, 0.6) is 0 Å². The monoisotopic (exact) mass is 405 g/mol. The lowest BCUT2D eigenvalue weighted by molar-refractivity contribution is -0.122. The van der Waals surface area contributed by atoms with Gasteiger partial charge in [0.25, 0.3) is 0 Å². The molecule has 0 spiro atoms. The largest absolute Gasteiger partial charge is 0.274 e. The first-order valence-corrected chi connectivity index (χ1v) is 8.58. The highest BCUT2D eigenvalue weighted by atomic mass is 127. The number of carbonyl (C=O) groups is 2. The summed E-state index contributed by atoms with van der Waals surface area (Å²) in [4.78, 5) is 27.3. The van der Waals surface area contributed by atoms with Crippen molar-refractivity contribution in [2.75, 3.05) is 4.90 Å². The van der Waals surface area contributed by atoms with E-state index in [1.807, 2.05) is 24.3 Å². The average Bonchev–Trinajstić information content (AvgIpc) is 3.11. The molecule has 1 aliphatic heterocycles. The van der Waals surface area contributed by atoms with Crippen LogP contribution in [0.4, 0.5) is 5.69 Å². The Morgan fingerprint density at radius 1 is 1.00 bits per heavy atom. The van der Waals surface area contributed by atoms with Gasteiger partial charge in [-0.3, -0.25) is 9.59 Å². The number of benzene rings is 1. The molecule has 2 amide bonds. The van der Waals surface area contributed by atoms with Crippen molar-refractivity contribution in [3.05, 3.63) is 51.1 Å². The maximum atomic E-state index is 13.0. The minimum Gasteiger partial charge on any atom is -0.274 e. The number of para-hydroxylation sites is 1. The van der Waals surface area contributed by atoms with E-state index in [0.29, 0.717) is 0 Å². The van der Waals surface area contributed by atoms with Crippen molar-refractivity contribution in [3.63, 3.8) is 0 Å². The van der Waals surface area contributed by atoms with Gasteiger partial charge in [0, 0.05) is 15.4 Å². The first-order chi connectivity index (χ1) is 10.5. The molecule has 0 radical (unpaired) electrons. The Bertz CT molecular complexity index is 726. The Kier molecular flexibility index (Phi) is 3.08. The van der Waals surface area contributed by atoms with Gasteiger partial charge < -0.3 is 0 Å². The minimum absolute atomic E-state index is 0.0327. The van der Waals surface area contributed by atoms with E-state index in [4.69, 9.17) is 0 Å². The summed E-state index contributed by atoms with van der Waals surface area (Å²) in [6.07, 6.45) is 4.25. The fraction of sp³-hybridized carbons (Fsp3) is 0.333. The third-order valence-electron chi connectivity index (χ3n) is 5.09. The number of allylic oxidation sites excluding steroid dienone is 4. The molecule has 4 heteroatoms. The zero-order valence-electron chi connectivity index (χ0n) is 12.4. The summed E-state index contributed by atoms with van der Waals surface area (Å²) in [5.74, 6) is -0.248. The fourth-order valence-electron chi connectivity index (χ4n) is 4.30. The molecule has 1 saturated heterocycles. The topological polar surface area (TPSA) is 37.4 Å². The van der Waals surface area contributed by atoms with E-state index in [1.165, 1.54) is 16.0 Å². The van der Waals surface area contributed by atoms with Gasteiger partial charge in [-0.25, -0.2) is 4.90 Å². The average molecular weight is 405 g/mol. The quantitative estimate of drug-likeness (QED) is 0.407. The number of hydrogen-bond donors (Lipinski definition) is 0. The van der Waals surface area contributed by atoms with Crippen LogP contribution in [0.25, 0.3) is 0 Å². The molecule has 0 N–H and O–H groups in total. The van der Waals surface area contributed by atoms with Gasteiger partial charge in [-0.05, 0) is 48.6 Å². The summed E-state index contributed by atoms with van der Waals surface area (Å²) in [7, 11) is 0. The molecular formula is C18H16INO2. The van der Waals surface area contributed by atoms with Crippen LogP contribution in [0.3, 0.4) is 0 Å². The summed E-state index contributed by atoms with van der Waals surface area (Å²) in [5.41, 5.74) is 3.26. The lowest BCUT2D eigenvalue weighted by atomic mass is 9.85. The van der Waals surface area contributed by atoms with Gasteiger partial charge in [0.1, 0.15) is 0 Å². The van der Waals surface area contributed by atoms with Crippen molar-refractivity contribution in [3.8, 4) is 0 Å². The minimum atomic E-state index is -0.205. The molecular weight excluding hydrogens is 389 g/mol. The Morgan fingerprint density at radius 2 is 1.55 bits per heavy atom. The second kappa shape index (κ2) is 4.78. The molecule has 4 atom stereocenters. The molecule has 1 saturated carbocycles. The van der Waals surface area contributed by atoms with Gasteiger partial charge in [-0.1, -0.05) is 35.4 Å². The summed E-state index contributed by atoms with van der Waals surface area (Å²) >= 11 is 2.18. The van der Waals surface area contributed by atoms with Gasteiger partial charge in [-0.2, -0.15) is 0 Å². The van der Waals surface area contributed by atoms with Gasteiger partial charge in [-0.15, -0.1) is 0 Å². The number of amides is 2. The number of rotatable bonds is 1. The van der Waals surface area contributed by atoms with Gasteiger partial charge in [0.15, 0.2) is 0 Å². The van der Waals surface area contributed by atoms with E-state index < -0.39 is 0 Å². The SMILES string of the molecule is CC(C)=C1[C@H]2C=C[C@H]1[C@H]1C(=O)N(c3ccccc3I)C(=O)[C@H]12. The molecule has 3 nitrogen and oxygen atoms in total. The zero-order chi connectivity index (χ0) is 15.6. The molecule has 2 fully saturated rings. The second-order valence-corrected chi connectivity index (χ2v) is 7.57. The van der Waals surface area contributed by atoms with Crippen LogP contribution < -0.4 is 4.90 Å². The second-order valence-electron chi connectivity index (χ2n) is 6.41. The molecule has 2 bridgehead atoms. The smallest absolute Gasteiger partial charge is 0.238 e. The molecule has 1 heterocycles. The lowest BCUT2D eigenvalue weighted by Crippen LogP contribution is -2.33. The number of fused-ring (bicyclic) bond motifs is 5. The summed E-state index contributed by atoms with van der Waals surface area (Å²) in [5, 5.41) is 0. The van der Waals surface area contributed by atoms with E-state index in [1.54, 1.807) is 0 Å². The predicted molar refractivity (Wildman–Crippen MR) is 93.1 cm³/mol. The molecule has 112 valence electrons. The van der Waals surface area contributed by atoms with Gasteiger partial charge >= 0.3 is 0 Å². The van der Waals surface area contributed by atoms with Crippen molar-refractivity contribution in [1.29, 1.82) is 0 Å². The number of anilines is 1. The number of carbonyl (C=O) groups excluding carboxylic acids is 2. The van der Waals surface area contributed by atoms with Crippen molar-refractivity contribution < 1.29 is 9.59 Å². The molecule has 1 aromatic carbocycles. The third-order valence-corrected chi connectivity index (χ3v) is 6.00. The molecule has 2 aliphatic carbocycles. The van der Waals surface area contributed by atoms with Gasteiger partial charge in [0.05, 0.1) is 17.5 Å². The van der Waals surface area contributed by atoms with Crippen LogP contribution in [0, 0.1) is 27.2 Å². The van der Waals surface area contributed by atoms with E-state index in [-0.39, 0.29) is 35.5 Å². The van der Waals surface area contributed by atoms with E-state index in [2.05, 4.69) is 48.6 Å². The number of nitrogens with zero attached hydrogens (tertiary/aromatic N) is 1. The lowest BCUT2D eigenvalue weighted by Gasteiger charge is -2.20. The van der Waals surface area contributed by atoms with E-state index >= 15 is 0 Å². The fourth-order valence-corrected chi connectivity index (χ4v) is 4.93. The zero-order valence-corrected chi connectivity index (χ0v) is 14.6. The first-order valence-electron chi connectivity index (χ1n) is 7.50. The van der Waals surface area contributed by atoms with E-state index in [0.717, 1.165) is 9.26 Å². The first kappa shape index (κ1) is 14.2. The van der Waals surface area contributed by atoms with Gasteiger partial charge in [0.2, 0.25) is 11.8 Å².